The third kappa shape index (κ3) is 4.02. The Morgan fingerprint density at radius 2 is 1.97 bits per heavy atom. The number of anilines is 2. The Balaban J connectivity index is 1.54. The minimum Gasteiger partial charge on any atom is -0.383 e. The van der Waals surface area contributed by atoms with Crippen molar-refractivity contribution in [1.82, 2.24) is 9.97 Å². The van der Waals surface area contributed by atoms with Gasteiger partial charge in [-0.1, -0.05) is 18.2 Å². The molecular formula is C20H24F3N5S. The van der Waals surface area contributed by atoms with Crippen molar-refractivity contribution in [2.75, 3.05) is 23.7 Å². The van der Waals surface area contributed by atoms with E-state index in [1.807, 2.05) is 4.90 Å². The maximum atomic E-state index is 13.2. The van der Waals surface area contributed by atoms with Gasteiger partial charge in [-0.3, -0.25) is 4.98 Å². The molecule has 2 aromatic rings. The number of nitrogens with zero attached hydrogens (tertiary/aromatic N) is 3. The Morgan fingerprint density at radius 1 is 1.21 bits per heavy atom. The highest BCUT2D eigenvalue weighted by Gasteiger charge is 2.43. The third-order valence-corrected chi connectivity index (χ3v) is 7.20. The number of rotatable bonds is 3. The first kappa shape index (κ1) is 19.0. The number of hydrogen-bond donors (Lipinski definition) is 2. The SMILES string of the molecule is [2H]c1cc(Sc2cccnc2C(F)(F)F)c(N)nc1N1CCC2(CCCC2N)CC1. The Morgan fingerprint density at radius 3 is 2.62 bits per heavy atom. The summed E-state index contributed by atoms with van der Waals surface area (Å²) in [6.45, 7) is 1.50. The van der Waals surface area contributed by atoms with Crippen LogP contribution < -0.4 is 16.4 Å². The van der Waals surface area contributed by atoms with E-state index < -0.39 is 11.9 Å². The number of piperidine rings is 1. The number of halogens is 3. The average molecular weight is 425 g/mol. The molecule has 0 bridgehead atoms. The molecule has 5 nitrogen and oxygen atoms in total. The number of nitrogen functional groups attached to an aromatic ring is 1. The van der Waals surface area contributed by atoms with Gasteiger partial charge in [-0.05, 0) is 55.3 Å². The maximum absolute atomic E-state index is 13.2. The van der Waals surface area contributed by atoms with Crippen molar-refractivity contribution in [1.29, 1.82) is 0 Å². The molecule has 156 valence electrons. The topological polar surface area (TPSA) is 81.1 Å². The van der Waals surface area contributed by atoms with E-state index in [-0.39, 0.29) is 28.2 Å². The molecule has 1 unspecified atom stereocenters. The molecule has 0 radical (unpaired) electrons. The highest BCUT2D eigenvalue weighted by molar-refractivity contribution is 7.99. The second-order valence-corrected chi connectivity index (χ2v) is 8.86. The fourth-order valence-corrected chi connectivity index (χ4v) is 5.32. The maximum Gasteiger partial charge on any atom is 0.434 e. The van der Waals surface area contributed by atoms with Gasteiger partial charge in [0.05, 0.1) is 6.27 Å². The van der Waals surface area contributed by atoms with Gasteiger partial charge >= 0.3 is 6.18 Å². The normalized spacial score (nSPS) is 22.1. The Kier molecular flexibility index (Phi) is 5.03. The molecule has 0 amide bonds. The van der Waals surface area contributed by atoms with E-state index in [1.54, 1.807) is 0 Å². The van der Waals surface area contributed by atoms with Crippen molar-refractivity contribution in [2.45, 2.75) is 54.1 Å². The van der Waals surface area contributed by atoms with E-state index >= 15 is 0 Å². The van der Waals surface area contributed by atoms with E-state index in [9.17, 15) is 13.2 Å². The Bertz CT molecular complexity index is 931. The quantitative estimate of drug-likeness (QED) is 0.764. The molecule has 1 saturated carbocycles. The zero-order chi connectivity index (χ0) is 21.5. The van der Waals surface area contributed by atoms with E-state index in [0.29, 0.717) is 10.7 Å². The zero-order valence-corrected chi connectivity index (χ0v) is 16.7. The number of nitrogens with two attached hydrogens (primary N) is 2. The predicted octanol–water partition coefficient (Wildman–Crippen LogP) is 4.33. The van der Waals surface area contributed by atoms with Crippen LogP contribution in [0.5, 0.6) is 0 Å². The average Bonchev–Trinajstić information content (AvgIpc) is 3.05. The van der Waals surface area contributed by atoms with Crippen LogP contribution in [0.4, 0.5) is 24.8 Å². The molecule has 2 aliphatic rings. The summed E-state index contributed by atoms with van der Waals surface area (Å²) in [5, 5.41) is 0. The van der Waals surface area contributed by atoms with Gasteiger partial charge in [-0.15, -0.1) is 0 Å². The smallest absolute Gasteiger partial charge is 0.383 e. The van der Waals surface area contributed by atoms with Gasteiger partial charge < -0.3 is 16.4 Å². The largest absolute Gasteiger partial charge is 0.434 e. The first-order chi connectivity index (χ1) is 14.2. The molecule has 1 atom stereocenters. The van der Waals surface area contributed by atoms with Crippen LogP contribution >= 0.6 is 11.8 Å². The van der Waals surface area contributed by atoms with Crippen LogP contribution in [0.3, 0.4) is 0 Å². The van der Waals surface area contributed by atoms with Gasteiger partial charge in [0.25, 0.3) is 0 Å². The van der Waals surface area contributed by atoms with Crippen LogP contribution in [0.1, 0.15) is 39.2 Å². The molecule has 1 aliphatic heterocycles. The van der Waals surface area contributed by atoms with Gasteiger partial charge in [0.2, 0.25) is 0 Å². The highest BCUT2D eigenvalue weighted by atomic mass is 32.2. The lowest BCUT2D eigenvalue weighted by molar-refractivity contribution is -0.143. The molecule has 1 saturated heterocycles. The number of alkyl halides is 3. The number of hydrogen-bond acceptors (Lipinski definition) is 6. The van der Waals surface area contributed by atoms with E-state index in [0.717, 1.165) is 63.2 Å². The third-order valence-electron chi connectivity index (χ3n) is 6.11. The summed E-state index contributed by atoms with van der Waals surface area (Å²) in [6.07, 6.45) is 1.82. The van der Waals surface area contributed by atoms with Crippen molar-refractivity contribution in [3.05, 3.63) is 36.1 Å². The first-order valence-corrected chi connectivity index (χ1v) is 10.5. The monoisotopic (exact) mass is 424 g/mol. The molecule has 2 fully saturated rings. The van der Waals surface area contributed by atoms with Gasteiger partial charge in [-0.2, -0.15) is 13.2 Å². The van der Waals surface area contributed by atoms with Gasteiger partial charge in [-0.25, -0.2) is 4.98 Å². The predicted molar refractivity (Wildman–Crippen MR) is 108 cm³/mol. The Labute approximate surface area is 173 Å². The fraction of sp³-hybridized carbons (Fsp3) is 0.500. The van der Waals surface area contributed by atoms with Gasteiger partial charge in [0.15, 0.2) is 5.69 Å². The second kappa shape index (κ2) is 7.68. The standard InChI is InChI=1S/C20H24F3N5S/c21-20(22,23)17-13(3-2-10-26-17)29-14-5-6-16(27-18(14)25)28-11-8-19(9-12-28)7-1-4-15(19)24/h2-3,5-6,10,15H,1,4,7-9,11-12,24H2,(H2,25,27)/i6D. The van der Waals surface area contributed by atoms with Crippen molar-refractivity contribution >= 4 is 23.4 Å². The van der Waals surface area contributed by atoms with E-state index in [1.165, 1.54) is 18.2 Å². The summed E-state index contributed by atoms with van der Waals surface area (Å²) in [6, 6.07) is 4.65. The first-order valence-electron chi connectivity index (χ1n) is 10.2. The Hall–Kier alpha value is -2.00. The molecule has 1 aliphatic carbocycles. The fourth-order valence-electron chi connectivity index (χ4n) is 4.40. The highest BCUT2D eigenvalue weighted by Crippen LogP contribution is 2.46. The van der Waals surface area contributed by atoms with Crippen molar-refractivity contribution in [3.8, 4) is 0 Å². The van der Waals surface area contributed by atoms with Crippen molar-refractivity contribution in [3.63, 3.8) is 0 Å². The minimum absolute atomic E-state index is 0.0687. The zero-order valence-electron chi connectivity index (χ0n) is 16.9. The molecule has 0 aromatic carbocycles. The lowest BCUT2D eigenvalue weighted by Gasteiger charge is -2.42. The summed E-state index contributed by atoms with van der Waals surface area (Å²) in [5.41, 5.74) is 11.6. The van der Waals surface area contributed by atoms with E-state index in [4.69, 9.17) is 12.8 Å². The van der Waals surface area contributed by atoms with Crippen LogP contribution in [-0.4, -0.2) is 29.1 Å². The van der Waals surface area contributed by atoms with Crippen LogP contribution in [0, 0.1) is 5.41 Å². The molecule has 29 heavy (non-hydrogen) atoms. The van der Waals surface area contributed by atoms with Gasteiger partial charge in [0, 0.05) is 30.2 Å². The lowest BCUT2D eigenvalue weighted by Crippen LogP contribution is -2.47. The second-order valence-electron chi connectivity index (χ2n) is 7.77. The number of pyridine rings is 2. The van der Waals surface area contributed by atoms with Crippen LogP contribution in [-0.2, 0) is 6.18 Å². The minimum atomic E-state index is -4.57. The van der Waals surface area contributed by atoms with Crippen molar-refractivity contribution < 1.29 is 14.5 Å². The van der Waals surface area contributed by atoms with Crippen LogP contribution in [0.15, 0.2) is 40.2 Å². The summed E-state index contributed by atoms with van der Waals surface area (Å²) in [5.74, 6) is 0.585. The number of aromatic nitrogens is 2. The summed E-state index contributed by atoms with van der Waals surface area (Å²) in [7, 11) is 0. The van der Waals surface area contributed by atoms with E-state index in [2.05, 4.69) is 9.97 Å². The molecule has 3 heterocycles. The summed E-state index contributed by atoms with van der Waals surface area (Å²) in [4.78, 5) is 10.1. The molecule has 1 spiro atoms. The molecule has 2 aromatic heterocycles. The molecule has 9 heteroatoms. The molecule has 4 rings (SSSR count). The molecule has 4 N–H and O–H groups in total. The summed E-state index contributed by atoms with van der Waals surface area (Å²) < 4.78 is 48.0. The summed E-state index contributed by atoms with van der Waals surface area (Å²) >= 11 is 0.828. The molecular weight excluding hydrogens is 399 g/mol. The van der Waals surface area contributed by atoms with Crippen LogP contribution in [0.2, 0.25) is 0 Å². The van der Waals surface area contributed by atoms with Crippen LogP contribution in [0.25, 0.3) is 0 Å². The van der Waals surface area contributed by atoms with Gasteiger partial charge in [0.1, 0.15) is 11.6 Å². The lowest BCUT2D eigenvalue weighted by atomic mass is 9.74. The van der Waals surface area contributed by atoms with Crippen molar-refractivity contribution in [2.24, 2.45) is 11.1 Å².